The molecule has 3 nitrogen and oxygen atoms in total. The van der Waals surface area contributed by atoms with Crippen molar-refractivity contribution in [2.45, 2.75) is 19.4 Å². The van der Waals surface area contributed by atoms with Crippen molar-refractivity contribution >= 4 is 0 Å². The predicted octanol–water partition coefficient (Wildman–Crippen LogP) is 0.792. The summed E-state index contributed by atoms with van der Waals surface area (Å²) in [5.41, 5.74) is 0. The first-order valence-electron chi connectivity index (χ1n) is 4.19. The van der Waals surface area contributed by atoms with Gasteiger partial charge in [-0.25, -0.2) is 0 Å². The van der Waals surface area contributed by atoms with E-state index in [0.717, 1.165) is 12.2 Å². The highest BCUT2D eigenvalue weighted by molar-refractivity contribution is 4.99. The third-order valence-corrected chi connectivity index (χ3v) is 1.69. The summed E-state index contributed by atoms with van der Waals surface area (Å²) in [4.78, 5) is 0. The van der Waals surface area contributed by atoms with Gasteiger partial charge in [0.1, 0.15) is 5.76 Å². The smallest absolute Gasteiger partial charge is 0.105 e. The second kappa shape index (κ2) is 4.95. The molecule has 0 spiro atoms. The van der Waals surface area contributed by atoms with E-state index in [2.05, 4.69) is 12.2 Å². The molecule has 68 valence electrons. The standard InChI is InChI=1S/C9H15NO2/c1-8(10-4-5-11)7-9-3-2-6-12-9/h2-3,6,8,10-11H,4-5,7H2,1H3. The number of nitrogens with one attached hydrogen (secondary N) is 1. The highest BCUT2D eigenvalue weighted by Crippen LogP contribution is 2.03. The lowest BCUT2D eigenvalue weighted by Crippen LogP contribution is -2.30. The summed E-state index contributed by atoms with van der Waals surface area (Å²) in [5.74, 6) is 0.980. The fourth-order valence-electron chi connectivity index (χ4n) is 1.11. The molecule has 1 aromatic rings. The normalized spacial score (nSPS) is 13.2. The number of rotatable bonds is 5. The van der Waals surface area contributed by atoms with Crippen LogP contribution in [0.4, 0.5) is 0 Å². The number of aliphatic hydroxyl groups excluding tert-OH is 1. The molecule has 12 heavy (non-hydrogen) atoms. The predicted molar refractivity (Wildman–Crippen MR) is 47.0 cm³/mol. The van der Waals surface area contributed by atoms with Gasteiger partial charge in [-0.3, -0.25) is 0 Å². The molecule has 0 amide bonds. The zero-order valence-electron chi connectivity index (χ0n) is 7.29. The lowest BCUT2D eigenvalue weighted by atomic mass is 10.2. The Labute approximate surface area is 72.4 Å². The maximum atomic E-state index is 8.56. The van der Waals surface area contributed by atoms with Gasteiger partial charge in [0.05, 0.1) is 12.9 Å². The summed E-state index contributed by atoms with van der Waals surface area (Å²) >= 11 is 0. The molecule has 3 heteroatoms. The number of hydrogen-bond donors (Lipinski definition) is 2. The highest BCUT2D eigenvalue weighted by Gasteiger charge is 2.03. The molecule has 0 bridgehead atoms. The van der Waals surface area contributed by atoms with E-state index in [1.54, 1.807) is 6.26 Å². The van der Waals surface area contributed by atoms with Crippen molar-refractivity contribution in [2.24, 2.45) is 0 Å². The molecule has 0 saturated carbocycles. The minimum Gasteiger partial charge on any atom is -0.469 e. The van der Waals surface area contributed by atoms with Gasteiger partial charge >= 0.3 is 0 Å². The number of hydrogen-bond acceptors (Lipinski definition) is 3. The molecule has 0 aromatic carbocycles. The highest BCUT2D eigenvalue weighted by atomic mass is 16.3. The van der Waals surface area contributed by atoms with Gasteiger partial charge < -0.3 is 14.8 Å². The van der Waals surface area contributed by atoms with Gasteiger partial charge in [0.2, 0.25) is 0 Å². The summed E-state index contributed by atoms with van der Waals surface area (Å²) in [5, 5.41) is 11.7. The van der Waals surface area contributed by atoms with Crippen LogP contribution >= 0.6 is 0 Å². The first kappa shape index (κ1) is 9.29. The minimum absolute atomic E-state index is 0.183. The SMILES string of the molecule is CC(Cc1ccco1)NCCO. The summed E-state index contributed by atoms with van der Waals surface area (Å²) in [6.45, 7) is 2.89. The van der Waals surface area contributed by atoms with Crippen LogP contribution in [0.1, 0.15) is 12.7 Å². The van der Waals surface area contributed by atoms with Crippen LogP contribution in [0.2, 0.25) is 0 Å². The Hall–Kier alpha value is -0.800. The van der Waals surface area contributed by atoms with E-state index in [1.807, 2.05) is 12.1 Å². The van der Waals surface area contributed by atoms with E-state index in [1.165, 1.54) is 0 Å². The fraction of sp³-hybridized carbons (Fsp3) is 0.556. The van der Waals surface area contributed by atoms with Crippen molar-refractivity contribution in [1.29, 1.82) is 0 Å². The average Bonchev–Trinajstić information content (AvgIpc) is 2.53. The Morgan fingerprint density at radius 1 is 1.67 bits per heavy atom. The molecule has 0 radical (unpaired) electrons. The summed E-state index contributed by atoms with van der Waals surface area (Å²) in [7, 11) is 0. The van der Waals surface area contributed by atoms with Crippen molar-refractivity contribution in [1.82, 2.24) is 5.32 Å². The van der Waals surface area contributed by atoms with Crippen LogP contribution in [0.15, 0.2) is 22.8 Å². The molecular formula is C9H15NO2. The van der Waals surface area contributed by atoms with Gasteiger partial charge in [-0.05, 0) is 19.1 Å². The van der Waals surface area contributed by atoms with Crippen molar-refractivity contribution in [3.63, 3.8) is 0 Å². The van der Waals surface area contributed by atoms with Gasteiger partial charge in [-0.2, -0.15) is 0 Å². The number of aliphatic hydroxyl groups is 1. The minimum atomic E-state index is 0.183. The van der Waals surface area contributed by atoms with Gasteiger partial charge in [0.25, 0.3) is 0 Å². The Balaban J connectivity index is 2.22. The van der Waals surface area contributed by atoms with E-state index < -0.39 is 0 Å². The van der Waals surface area contributed by atoms with Crippen LogP contribution in [-0.4, -0.2) is 24.3 Å². The lowest BCUT2D eigenvalue weighted by Gasteiger charge is -2.10. The van der Waals surface area contributed by atoms with Gasteiger partial charge in [-0.15, -0.1) is 0 Å². The quantitative estimate of drug-likeness (QED) is 0.685. The summed E-state index contributed by atoms with van der Waals surface area (Å²) in [6, 6.07) is 4.19. The molecule has 1 rings (SSSR count). The van der Waals surface area contributed by atoms with Gasteiger partial charge in [-0.1, -0.05) is 0 Å². The molecular weight excluding hydrogens is 154 g/mol. The zero-order chi connectivity index (χ0) is 8.81. The van der Waals surface area contributed by atoms with Crippen molar-refractivity contribution in [3.8, 4) is 0 Å². The molecule has 1 aromatic heterocycles. The maximum absolute atomic E-state index is 8.56. The molecule has 0 aliphatic rings. The van der Waals surface area contributed by atoms with E-state index >= 15 is 0 Å². The Bertz CT molecular complexity index is 196. The maximum Gasteiger partial charge on any atom is 0.105 e. The van der Waals surface area contributed by atoms with Crippen LogP contribution in [-0.2, 0) is 6.42 Å². The van der Waals surface area contributed by atoms with Crippen LogP contribution in [0, 0.1) is 0 Å². The first-order chi connectivity index (χ1) is 5.83. The Kier molecular flexibility index (Phi) is 3.84. The molecule has 1 unspecified atom stereocenters. The van der Waals surface area contributed by atoms with Crippen LogP contribution in [0.3, 0.4) is 0 Å². The largest absolute Gasteiger partial charge is 0.469 e. The second-order valence-corrected chi connectivity index (χ2v) is 2.86. The van der Waals surface area contributed by atoms with E-state index in [0.29, 0.717) is 12.6 Å². The summed E-state index contributed by atoms with van der Waals surface area (Å²) < 4.78 is 5.18. The van der Waals surface area contributed by atoms with E-state index in [-0.39, 0.29) is 6.61 Å². The van der Waals surface area contributed by atoms with Gasteiger partial charge in [0, 0.05) is 19.0 Å². The monoisotopic (exact) mass is 169 g/mol. The first-order valence-corrected chi connectivity index (χ1v) is 4.19. The topological polar surface area (TPSA) is 45.4 Å². The molecule has 0 saturated heterocycles. The third-order valence-electron chi connectivity index (χ3n) is 1.69. The second-order valence-electron chi connectivity index (χ2n) is 2.86. The van der Waals surface area contributed by atoms with Crippen molar-refractivity contribution in [3.05, 3.63) is 24.2 Å². The third kappa shape index (κ3) is 3.07. The molecule has 0 fully saturated rings. The van der Waals surface area contributed by atoms with Crippen LogP contribution in [0.5, 0.6) is 0 Å². The van der Waals surface area contributed by atoms with Crippen LogP contribution in [0.25, 0.3) is 0 Å². The van der Waals surface area contributed by atoms with Crippen LogP contribution < -0.4 is 5.32 Å². The zero-order valence-corrected chi connectivity index (χ0v) is 7.29. The summed E-state index contributed by atoms with van der Waals surface area (Å²) in [6.07, 6.45) is 2.54. The van der Waals surface area contributed by atoms with E-state index in [9.17, 15) is 0 Å². The average molecular weight is 169 g/mol. The van der Waals surface area contributed by atoms with Crippen molar-refractivity contribution in [2.75, 3.05) is 13.2 Å². The Morgan fingerprint density at radius 3 is 3.08 bits per heavy atom. The van der Waals surface area contributed by atoms with E-state index in [4.69, 9.17) is 9.52 Å². The molecule has 0 aliphatic carbocycles. The molecule has 1 atom stereocenters. The van der Waals surface area contributed by atoms with Gasteiger partial charge in [0.15, 0.2) is 0 Å². The number of furan rings is 1. The van der Waals surface area contributed by atoms with Crippen molar-refractivity contribution < 1.29 is 9.52 Å². The Morgan fingerprint density at radius 2 is 2.50 bits per heavy atom. The molecule has 2 N–H and O–H groups in total. The fourth-order valence-corrected chi connectivity index (χ4v) is 1.11. The molecule has 1 heterocycles. The molecule has 0 aliphatic heterocycles. The lowest BCUT2D eigenvalue weighted by molar-refractivity contribution is 0.284.